The minimum Gasteiger partial charge on any atom is -0.490 e. The Kier molecular flexibility index (Phi) is 5.77. The molecule has 1 heterocycles. The van der Waals surface area contributed by atoms with Crippen molar-refractivity contribution in [2.45, 2.75) is 11.3 Å². The summed E-state index contributed by atoms with van der Waals surface area (Å²) in [5, 5.41) is 11.2. The fourth-order valence-electron chi connectivity index (χ4n) is 1.47. The quantitative estimate of drug-likeness (QED) is 0.480. The number of nitrogens with one attached hydrogen (secondary N) is 1. The molecule has 2 rings (SSSR count). The minimum atomic E-state index is -0.213. The Balaban J connectivity index is 1.97. The number of aromatic nitrogens is 2. The second-order valence-electron chi connectivity index (χ2n) is 3.88. The average Bonchev–Trinajstić information content (AvgIpc) is 2.93. The van der Waals surface area contributed by atoms with Gasteiger partial charge in [0.25, 0.3) is 5.91 Å². The highest BCUT2D eigenvalue weighted by atomic mass is 32.2. The number of ether oxygens (including phenoxy) is 1. The van der Waals surface area contributed by atoms with Gasteiger partial charge < -0.3 is 4.74 Å². The molecule has 7 heteroatoms. The number of nitrogens with zero attached hydrogens (tertiary/aromatic N) is 2. The lowest BCUT2D eigenvalue weighted by Crippen LogP contribution is -2.11. The second kappa shape index (κ2) is 7.80. The molecule has 0 aliphatic carbocycles. The van der Waals surface area contributed by atoms with Gasteiger partial charge in [-0.2, -0.15) is 0 Å². The predicted molar refractivity (Wildman–Crippen MR) is 86.4 cm³/mol. The molecule has 1 aromatic carbocycles. The van der Waals surface area contributed by atoms with E-state index in [0.29, 0.717) is 23.1 Å². The lowest BCUT2D eigenvalue weighted by molar-refractivity contribution is 0.102. The number of rotatable bonds is 7. The summed E-state index contributed by atoms with van der Waals surface area (Å²) in [6, 6.07) is 6.90. The van der Waals surface area contributed by atoms with Crippen LogP contribution in [0.5, 0.6) is 5.75 Å². The Morgan fingerprint density at radius 3 is 2.86 bits per heavy atom. The van der Waals surface area contributed by atoms with Gasteiger partial charge in [-0.05, 0) is 30.0 Å². The molecular weight excluding hydrogens is 306 g/mol. The zero-order chi connectivity index (χ0) is 15.1. The Bertz CT molecular complexity index is 611. The van der Waals surface area contributed by atoms with Gasteiger partial charge in [-0.15, -0.1) is 10.2 Å². The van der Waals surface area contributed by atoms with Crippen molar-refractivity contribution in [1.82, 2.24) is 10.2 Å². The van der Waals surface area contributed by atoms with E-state index in [1.54, 1.807) is 42.1 Å². The van der Waals surface area contributed by atoms with E-state index in [1.807, 2.05) is 6.92 Å². The number of anilines is 1. The standard InChI is InChI=1S/C14H15N3O2S2/c1-3-9-19-11-7-5-10(6-8-11)12(18)15-13-16-17-14(21-13)20-4-2/h3,5-8H,1,4,9H2,2H3,(H,15,16,18). The number of carbonyl (C=O) groups excluding carboxylic acids is 1. The molecule has 5 nitrogen and oxygen atoms in total. The predicted octanol–water partition coefficient (Wildman–Crippen LogP) is 3.47. The molecule has 1 amide bonds. The van der Waals surface area contributed by atoms with E-state index < -0.39 is 0 Å². The van der Waals surface area contributed by atoms with Crippen molar-refractivity contribution < 1.29 is 9.53 Å². The number of carbonyl (C=O) groups is 1. The minimum absolute atomic E-state index is 0.213. The summed E-state index contributed by atoms with van der Waals surface area (Å²) in [5.41, 5.74) is 0.542. The van der Waals surface area contributed by atoms with E-state index in [-0.39, 0.29) is 5.91 Å². The lowest BCUT2D eigenvalue weighted by Gasteiger charge is -2.04. The van der Waals surface area contributed by atoms with E-state index in [9.17, 15) is 4.79 Å². The maximum atomic E-state index is 12.1. The van der Waals surface area contributed by atoms with Crippen LogP contribution in [0.25, 0.3) is 0 Å². The first-order chi connectivity index (χ1) is 10.2. The molecule has 0 atom stereocenters. The highest BCUT2D eigenvalue weighted by Crippen LogP contribution is 2.25. The Morgan fingerprint density at radius 2 is 2.19 bits per heavy atom. The number of thioether (sulfide) groups is 1. The normalized spacial score (nSPS) is 10.1. The van der Waals surface area contributed by atoms with Crippen LogP contribution in [-0.2, 0) is 0 Å². The van der Waals surface area contributed by atoms with Gasteiger partial charge in [0.15, 0.2) is 4.34 Å². The van der Waals surface area contributed by atoms with Gasteiger partial charge in [0.05, 0.1) is 0 Å². The second-order valence-corrected chi connectivity index (χ2v) is 6.37. The third-order valence-electron chi connectivity index (χ3n) is 2.38. The van der Waals surface area contributed by atoms with Crippen LogP contribution < -0.4 is 10.1 Å². The lowest BCUT2D eigenvalue weighted by atomic mass is 10.2. The van der Waals surface area contributed by atoms with E-state index in [4.69, 9.17) is 4.74 Å². The zero-order valence-corrected chi connectivity index (χ0v) is 13.2. The van der Waals surface area contributed by atoms with Crippen molar-refractivity contribution in [2.75, 3.05) is 17.7 Å². The molecule has 110 valence electrons. The fraction of sp³-hybridized carbons (Fsp3) is 0.214. The van der Waals surface area contributed by atoms with Crippen LogP contribution in [0.3, 0.4) is 0 Å². The van der Waals surface area contributed by atoms with Crippen molar-refractivity contribution in [2.24, 2.45) is 0 Å². The van der Waals surface area contributed by atoms with Crippen LogP contribution in [0, 0.1) is 0 Å². The first-order valence-electron chi connectivity index (χ1n) is 6.34. The van der Waals surface area contributed by atoms with Crippen LogP contribution in [0.2, 0.25) is 0 Å². The maximum absolute atomic E-state index is 12.1. The molecule has 0 saturated carbocycles. The van der Waals surface area contributed by atoms with Crippen LogP contribution in [0.15, 0.2) is 41.3 Å². The topological polar surface area (TPSA) is 64.1 Å². The molecule has 2 aromatic rings. The van der Waals surface area contributed by atoms with Crippen molar-refractivity contribution in [3.63, 3.8) is 0 Å². The van der Waals surface area contributed by atoms with Gasteiger partial charge in [0.1, 0.15) is 12.4 Å². The summed E-state index contributed by atoms with van der Waals surface area (Å²) in [6.45, 7) is 6.06. The van der Waals surface area contributed by atoms with Crippen LogP contribution in [-0.4, -0.2) is 28.5 Å². The van der Waals surface area contributed by atoms with Gasteiger partial charge >= 0.3 is 0 Å². The van der Waals surface area contributed by atoms with Gasteiger partial charge in [0, 0.05) is 5.56 Å². The SMILES string of the molecule is C=CCOc1ccc(C(=O)Nc2nnc(SCC)s2)cc1. The van der Waals surface area contributed by atoms with E-state index in [1.165, 1.54) is 11.3 Å². The van der Waals surface area contributed by atoms with Crippen molar-refractivity contribution >= 4 is 34.1 Å². The van der Waals surface area contributed by atoms with Crippen LogP contribution in [0.1, 0.15) is 17.3 Å². The summed E-state index contributed by atoms with van der Waals surface area (Å²) >= 11 is 2.97. The van der Waals surface area contributed by atoms with E-state index >= 15 is 0 Å². The largest absolute Gasteiger partial charge is 0.490 e. The Morgan fingerprint density at radius 1 is 1.43 bits per heavy atom. The molecule has 0 bridgehead atoms. The molecule has 0 fully saturated rings. The number of benzene rings is 1. The highest BCUT2D eigenvalue weighted by Gasteiger charge is 2.10. The molecule has 0 radical (unpaired) electrons. The van der Waals surface area contributed by atoms with Crippen molar-refractivity contribution in [1.29, 1.82) is 0 Å². The van der Waals surface area contributed by atoms with Crippen molar-refractivity contribution in [3.05, 3.63) is 42.5 Å². The Labute approximate surface area is 131 Å². The van der Waals surface area contributed by atoms with Gasteiger partial charge in [-0.25, -0.2) is 0 Å². The number of hydrogen-bond donors (Lipinski definition) is 1. The first kappa shape index (κ1) is 15.5. The fourth-order valence-corrected chi connectivity index (χ4v) is 3.11. The first-order valence-corrected chi connectivity index (χ1v) is 8.14. The average molecular weight is 321 g/mol. The van der Waals surface area contributed by atoms with Gasteiger partial charge in [0.2, 0.25) is 5.13 Å². The van der Waals surface area contributed by atoms with Crippen LogP contribution in [0.4, 0.5) is 5.13 Å². The van der Waals surface area contributed by atoms with Gasteiger partial charge in [-0.3, -0.25) is 10.1 Å². The summed E-state index contributed by atoms with van der Waals surface area (Å²) in [5.74, 6) is 1.41. The van der Waals surface area contributed by atoms with Gasteiger partial charge in [-0.1, -0.05) is 42.7 Å². The number of hydrogen-bond acceptors (Lipinski definition) is 6. The molecular formula is C14H15N3O2S2. The summed E-state index contributed by atoms with van der Waals surface area (Å²) in [7, 11) is 0. The van der Waals surface area contributed by atoms with Crippen LogP contribution >= 0.6 is 23.1 Å². The molecule has 0 aliphatic rings. The molecule has 1 aromatic heterocycles. The third kappa shape index (κ3) is 4.57. The highest BCUT2D eigenvalue weighted by molar-refractivity contribution is 8.01. The molecule has 1 N–H and O–H groups in total. The molecule has 0 spiro atoms. The van der Waals surface area contributed by atoms with E-state index in [2.05, 4.69) is 22.1 Å². The molecule has 0 saturated heterocycles. The third-order valence-corrected chi connectivity index (χ3v) is 4.23. The number of amides is 1. The zero-order valence-electron chi connectivity index (χ0n) is 11.5. The summed E-state index contributed by atoms with van der Waals surface area (Å²) in [4.78, 5) is 12.1. The molecule has 0 aliphatic heterocycles. The smallest absolute Gasteiger partial charge is 0.257 e. The maximum Gasteiger partial charge on any atom is 0.257 e. The van der Waals surface area contributed by atoms with E-state index in [0.717, 1.165) is 10.1 Å². The Hall–Kier alpha value is -1.86. The summed E-state index contributed by atoms with van der Waals surface area (Å²) < 4.78 is 6.21. The molecule has 0 unspecified atom stereocenters. The monoisotopic (exact) mass is 321 g/mol. The van der Waals surface area contributed by atoms with Crippen molar-refractivity contribution in [3.8, 4) is 5.75 Å². The summed E-state index contributed by atoms with van der Waals surface area (Å²) in [6.07, 6.45) is 1.67. The molecule has 21 heavy (non-hydrogen) atoms.